The Morgan fingerprint density at radius 2 is 2.06 bits per heavy atom. The van der Waals surface area contributed by atoms with Crippen molar-refractivity contribution in [2.24, 2.45) is 5.73 Å². The normalized spacial score (nSPS) is 9.76. The first kappa shape index (κ1) is 13.2. The number of fused-ring (bicyclic) bond motifs is 1. The summed E-state index contributed by atoms with van der Waals surface area (Å²) in [5.74, 6) is -0.418. The number of rotatable bonds is 3. The third-order valence-corrected chi connectivity index (χ3v) is 2.39. The highest BCUT2D eigenvalue weighted by molar-refractivity contribution is 5.93. The summed E-state index contributed by atoms with van der Waals surface area (Å²) in [5.41, 5.74) is 6.47. The van der Waals surface area contributed by atoms with Crippen LogP contribution in [0.25, 0.3) is 5.52 Å². The van der Waals surface area contributed by atoms with Crippen molar-refractivity contribution in [2.45, 2.75) is 33.1 Å². The average Bonchev–Trinajstić information content (AvgIpc) is 2.77. The maximum absolute atomic E-state index is 10.8. The fourth-order valence-electron chi connectivity index (χ4n) is 1.43. The van der Waals surface area contributed by atoms with E-state index in [2.05, 4.69) is 18.9 Å². The van der Waals surface area contributed by atoms with E-state index in [0.717, 1.165) is 5.52 Å². The van der Waals surface area contributed by atoms with Crippen molar-refractivity contribution in [1.29, 1.82) is 0 Å². The Balaban J connectivity index is 0.000000249. The molecule has 2 aromatic heterocycles. The van der Waals surface area contributed by atoms with Gasteiger partial charge in [0.05, 0.1) is 5.52 Å². The number of nitrogens with two attached hydrogens (primary N) is 1. The van der Waals surface area contributed by atoms with Crippen LogP contribution in [-0.2, 0) is 0 Å². The topological polar surface area (TPSA) is 60.4 Å². The number of unbranched alkanes of at least 4 members (excludes halogenated alkanes) is 2. The van der Waals surface area contributed by atoms with E-state index in [4.69, 9.17) is 5.73 Å². The Hall–Kier alpha value is -1.84. The van der Waals surface area contributed by atoms with Crippen LogP contribution in [0.2, 0.25) is 0 Å². The first-order chi connectivity index (χ1) is 8.19. The van der Waals surface area contributed by atoms with Gasteiger partial charge in [0.2, 0.25) is 5.91 Å². The molecule has 0 saturated heterocycles. The lowest BCUT2D eigenvalue weighted by molar-refractivity contribution is 0.100. The molecule has 4 heteroatoms. The second kappa shape index (κ2) is 6.68. The van der Waals surface area contributed by atoms with Crippen LogP contribution >= 0.6 is 0 Å². The van der Waals surface area contributed by atoms with E-state index < -0.39 is 5.91 Å². The largest absolute Gasteiger partial charge is 0.366 e. The molecule has 1 amide bonds. The molecule has 0 aliphatic rings. The Morgan fingerprint density at radius 1 is 1.35 bits per heavy atom. The van der Waals surface area contributed by atoms with Crippen molar-refractivity contribution in [3.8, 4) is 0 Å². The summed E-state index contributed by atoms with van der Waals surface area (Å²) in [4.78, 5) is 10.8. The van der Waals surface area contributed by atoms with Gasteiger partial charge in [-0.3, -0.25) is 4.79 Å². The predicted octanol–water partition coefficient (Wildman–Crippen LogP) is 2.63. The number of carbonyl (C=O) groups excluding carboxylic acids is 1. The number of nitrogens with zero attached hydrogens (tertiary/aromatic N) is 2. The van der Waals surface area contributed by atoms with Gasteiger partial charge in [-0.1, -0.05) is 33.1 Å². The molecule has 2 N–H and O–H groups in total. The maximum atomic E-state index is 10.8. The average molecular weight is 233 g/mol. The summed E-state index contributed by atoms with van der Waals surface area (Å²) in [7, 11) is 0. The van der Waals surface area contributed by atoms with Gasteiger partial charge in [-0.15, -0.1) is 0 Å². The van der Waals surface area contributed by atoms with Crippen LogP contribution in [-0.4, -0.2) is 15.5 Å². The zero-order chi connectivity index (χ0) is 12.7. The van der Waals surface area contributed by atoms with Gasteiger partial charge in [0.15, 0.2) is 0 Å². The van der Waals surface area contributed by atoms with E-state index in [1.54, 1.807) is 29.0 Å². The SMILES string of the molecule is CCCCC.NC(=O)c1ccn2nccc2c1. The molecule has 2 aromatic rings. The second-order valence-electron chi connectivity index (χ2n) is 3.83. The van der Waals surface area contributed by atoms with E-state index in [0.29, 0.717) is 5.56 Å². The van der Waals surface area contributed by atoms with Crippen LogP contribution in [0.15, 0.2) is 30.6 Å². The third-order valence-electron chi connectivity index (χ3n) is 2.39. The van der Waals surface area contributed by atoms with Crippen molar-refractivity contribution in [2.75, 3.05) is 0 Å². The second-order valence-corrected chi connectivity index (χ2v) is 3.83. The molecule has 2 rings (SSSR count). The quantitative estimate of drug-likeness (QED) is 0.885. The van der Waals surface area contributed by atoms with E-state index in [1.165, 1.54) is 19.3 Å². The van der Waals surface area contributed by atoms with Gasteiger partial charge in [0, 0.05) is 18.0 Å². The molecule has 2 heterocycles. The predicted molar refractivity (Wildman–Crippen MR) is 68.9 cm³/mol. The van der Waals surface area contributed by atoms with Crippen LogP contribution in [0.1, 0.15) is 43.5 Å². The summed E-state index contributed by atoms with van der Waals surface area (Å²) < 4.78 is 1.67. The van der Waals surface area contributed by atoms with Crippen LogP contribution in [0.4, 0.5) is 0 Å². The van der Waals surface area contributed by atoms with Gasteiger partial charge < -0.3 is 5.73 Å². The number of carbonyl (C=O) groups is 1. The number of amides is 1. The number of pyridine rings is 1. The first-order valence-electron chi connectivity index (χ1n) is 5.92. The number of primary amides is 1. The van der Waals surface area contributed by atoms with Crippen LogP contribution in [0, 0.1) is 0 Å². The summed E-state index contributed by atoms with van der Waals surface area (Å²) in [6.07, 6.45) is 7.45. The summed E-state index contributed by atoms with van der Waals surface area (Å²) in [6, 6.07) is 5.16. The summed E-state index contributed by atoms with van der Waals surface area (Å²) in [6.45, 7) is 4.42. The molecule has 0 saturated carbocycles. The van der Waals surface area contributed by atoms with Gasteiger partial charge in [0.1, 0.15) is 0 Å². The van der Waals surface area contributed by atoms with E-state index >= 15 is 0 Å². The first-order valence-corrected chi connectivity index (χ1v) is 5.92. The monoisotopic (exact) mass is 233 g/mol. The number of aromatic nitrogens is 2. The van der Waals surface area contributed by atoms with Crippen LogP contribution < -0.4 is 5.73 Å². The zero-order valence-electron chi connectivity index (χ0n) is 10.4. The minimum Gasteiger partial charge on any atom is -0.366 e. The Bertz CT molecular complexity index is 474. The molecule has 0 atom stereocenters. The Morgan fingerprint density at radius 3 is 2.59 bits per heavy atom. The van der Waals surface area contributed by atoms with Gasteiger partial charge in [-0.2, -0.15) is 5.10 Å². The zero-order valence-corrected chi connectivity index (χ0v) is 10.4. The molecule has 4 nitrogen and oxygen atoms in total. The molecular formula is C13H19N3O. The molecule has 92 valence electrons. The van der Waals surface area contributed by atoms with Crippen LogP contribution in [0.5, 0.6) is 0 Å². The standard InChI is InChI=1S/C8H7N3O.C5H12/c9-8(12)6-2-4-11-7(5-6)1-3-10-11;1-3-5-4-2/h1-5H,(H2,9,12);3-5H2,1-2H3. The van der Waals surface area contributed by atoms with Gasteiger partial charge in [-0.05, 0) is 18.2 Å². The van der Waals surface area contributed by atoms with Crippen molar-refractivity contribution in [3.05, 3.63) is 36.2 Å². The summed E-state index contributed by atoms with van der Waals surface area (Å²) >= 11 is 0. The lowest BCUT2D eigenvalue weighted by Gasteiger charge is -1.95. The van der Waals surface area contributed by atoms with E-state index in [-0.39, 0.29) is 0 Å². The Kier molecular flexibility index (Phi) is 5.20. The molecule has 0 unspecified atom stereocenters. The molecule has 17 heavy (non-hydrogen) atoms. The molecule has 0 spiro atoms. The van der Waals surface area contributed by atoms with Crippen LogP contribution in [0.3, 0.4) is 0 Å². The van der Waals surface area contributed by atoms with Crippen molar-refractivity contribution < 1.29 is 4.79 Å². The maximum Gasteiger partial charge on any atom is 0.248 e. The smallest absolute Gasteiger partial charge is 0.248 e. The van der Waals surface area contributed by atoms with Gasteiger partial charge in [-0.25, -0.2) is 4.52 Å². The highest BCUT2D eigenvalue weighted by atomic mass is 16.1. The molecular weight excluding hydrogens is 214 g/mol. The van der Waals surface area contributed by atoms with Crippen molar-refractivity contribution >= 4 is 11.4 Å². The molecule has 0 aromatic carbocycles. The minimum absolute atomic E-state index is 0.418. The lowest BCUT2D eigenvalue weighted by atomic mass is 10.2. The molecule has 0 bridgehead atoms. The number of hydrogen-bond donors (Lipinski definition) is 1. The third kappa shape index (κ3) is 3.90. The minimum atomic E-state index is -0.418. The fourth-order valence-corrected chi connectivity index (χ4v) is 1.43. The van der Waals surface area contributed by atoms with Crippen molar-refractivity contribution in [3.63, 3.8) is 0 Å². The van der Waals surface area contributed by atoms with E-state index in [1.807, 2.05) is 6.07 Å². The number of hydrogen-bond acceptors (Lipinski definition) is 2. The van der Waals surface area contributed by atoms with E-state index in [9.17, 15) is 4.79 Å². The fraction of sp³-hybridized carbons (Fsp3) is 0.385. The summed E-state index contributed by atoms with van der Waals surface area (Å²) in [5, 5.41) is 3.98. The van der Waals surface area contributed by atoms with Gasteiger partial charge >= 0.3 is 0 Å². The Labute approximate surface area is 101 Å². The lowest BCUT2D eigenvalue weighted by Crippen LogP contribution is -2.10. The molecule has 0 fully saturated rings. The van der Waals surface area contributed by atoms with Gasteiger partial charge in [0.25, 0.3) is 0 Å². The molecule has 0 radical (unpaired) electrons. The highest BCUT2D eigenvalue weighted by Gasteiger charge is 2.00. The highest BCUT2D eigenvalue weighted by Crippen LogP contribution is 2.04. The molecule has 0 aliphatic heterocycles. The molecule has 0 aliphatic carbocycles. The van der Waals surface area contributed by atoms with Crippen molar-refractivity contribution in [1.82, 2.24) is 9.61 Å².